The molecule has 1 amide bonds. The highest BCUT2D eigenvalue weighted by molar-refractivity contribution is 5.99. The van der Waals surface area contributed by atoms with E-state index in [0.29, 0.717) is 47.1 Å². The van der Waals surface area contributed by atoms with Gasteiger partial charge in [0, 0.05) is 6.54 Å². The maximum atomic E-state index is 13.9. The fourth-order valence-corrected chi connectivity index (χ4v) is 4.85. The van der Waals surface area contributed by atoms with E-state index in [-0.39, 0.29) is 17.1 Å². The van der Waals surface area contributed by atoms with Crippen molar-refractivity contribution in [3.05, 3.63) is 68.6 Å². The summed E-state index contributed by atoms with van der Waals surface area (Å²) in [5.74, 6) is 1.50. The van der Waals surface area contributed by atoms with Crippen molar-refractivity contribution < 1.29 is 18.7 Å². The number of rotatable bonds is 9. The number of hydrogen-bond donors (Lipinski definition) is 0. The minimum atomic E-state index is -0.538. The molecule has 0 fully saturated rings. The summed E-state index contributed by atoms with van der Waals surface area (Å²) in [5.41, 5.74) is 3.37. The summed E-state index contributed by atoms with van der Waals surface area (Å²) in [7, 11) is 1.60. The van der Waals surface area contributed by atoms with Crippen LogP contribution in [0.1, 0.15) is 78.9 Å². The van der Waals surface area contributed by atoms with E-state index < -0.39 is 6.04 Å². The van der Waals surface area contributed by atoms with Crippen LogP contribution in [0.25, 0.3) is 11.0 Å². The third-order valence-electron chi connectivity index (χ3n) is 6.49. The van der Waals surface area contributed by atoms with Gasteiger partial charge in [-0.15, -0.1) is 0 Å². The third kappa shape index (κ3) is 4.66. The van der Waals surface area contributed by atoms with Gasteiger partial charge in [-0.05, 0) is 61.1 Å². The van der Waals surface area contributed by atoms with Crippen molar-refractivity contribution in [2.45, 2.75) is 59.9 Å². The van der Waals surface area contributed by atoms with Gasteiger partial charge in [-0.2, -0.15) is 0 Å². The monoisotopic (exact) mass is 477 g/mol. The molecule has 0 N–H and O–H groups in total. The Morgan fingerprint density at radius 3 is 2.51 bits per heavy atom. The number of amides is 1. The van der Waals surface area contributed by atoms with Crippen molar-refractivity contribution in [3.8, 4) is 11.5 Å². The molecule has 1 unspecified atom stereocenters. The molecule has 1 aromatic heterocycles. The van der Waals surface area contributed by atoms with E-state index >= 15 is 0 Å². The summed E-state index contributed by atoms with van der Waals surface area (Å²) in [6.45, 7) is 11.3. The van der Waals surface area contributed by atoms with E-state index in [0.717, 1.165) is 36.0 Å². The molecule has 2 aromatic carbocycles. The van der Waals surface area contributed by atoms with E-state index in [9.17, 15) is 9.59 Å². The quantitative estimate of drug-likeness (QED) is 0.344. The van der Waals surface area contributed by atoms with Gasteiger partial charge in [-0.25, -0.2) is 0 Å². The Hall–Kier alpha value is -3.28. The zero-order chi connectivity index (χ0) is 25.3. The van der Waals surface area contributed by atoms with Crippen LogP contribution in [0.15, 0.2) is 39.5 Å². The van der Waals surface area contributed by atoms with Gasteiger partial charge in [0.2, 0.25) is 5.76 Å². The van der Waals surface area contributed by atoms with Crippen LogP contribution in [0.5, 0.6) is 11.5 Å². The van der Waals surface area contributed by atoms with Crippen LogP contribution in [0.2, 0.25) is 0 Å². The molecule has 35 heavy (non-hydrogen) atoms. The largest absolute Gasteiger partial charge is 0.493 e. The average molecular weight is 478 g/mol. The highest BCUT2D eigenvalue weighted by Gasteiger charge is 2.42. The van der Waals surface area contributed by atoms with Crippen LogP contribution in [-0.2, 0) is 0 Å². The highest BCUT2D eigenvalue weighted by atomic mass is 16.5. The minimum Gasteiger partial charge on any atom is -0.493 e. The molecule has 1 aliphatic rings. The van der Waals surface area contributed by atoms with E-state index in [1.54, 1.807) is 12.0 Å². The predicted molar refractivity (Wildman–Crippen MR) is 138 cm³/mol. The molecule has 6 nitrogen and oxygen atoms in total. The Morgan fingerprint density at radius 1 is 1.06 bits per heavy atom. The number of nitrogens with zero attached hydrogens (tertiary/aromatic N) is 1. The summed E-state index contributed by atoms with van der Waals surface area (Å²) in [4.78, 5) is 29.2. The lowest BCUT2D eigenvalue weighted by Crippen LogP contribution is -2.30. The standard InChI is InChI=1S/C29H35NO5/c1-7-8-9-12-30-26(20-10-11-21(22(15-20)33-6)34-16-17(2)3)25-27(31)24-19(5)13-18(4)14-23(24)35-28(25)29(30)32/h10-11,13-15,17,26H,7-9,12,16H2,1-6H3. The molecule has 0 saturated carbocycles. The molecule has 0 radical (unpaired) electrons. The smallest absolute Gasteiger partial charge is 0.290 e. The van der Waals surface area contributed by atoms with Gasteiger partial charge in [0.15, 0.2) is 16.9 Å². The fourth-order valence-electron chi connectivity index (χ4n) is 4.85. The van der Waals surface area contributed by atoms with Crippen molar-refractivity contribution in [3.63, 3.8) is 0 Å². The Labute approximate surface area is 206 Å². The van der Waals surface area contributed by atoms with Crippen LogP contribution in [0, 0.1) is 19.8 Å². The molecule has 0 saturated heterocycles. The number of fused-ring (bicyclic) bond motifs is 2. The van der Waals surface area contributed by atoms with Gasteiger partial charge in [0.25, 0.3) is 5.91 Å². The van der Waals surface area contributed by atoms with Crippen molar-refractivity contribution in [2.75, 3.05) is 20.3 Å². The molecule has 1 atom stereocenters. The summed E-state index contributed by atoms with van der Waals surface area (Å²) in [6.07, 6.45) is 2.89. The highest BCUT2D eigenvalue weighted by Crippen LogP contribution is 2.41. The van der Waals surface area contributed by atoms with Crippen LogP contribution in [0.3, 0.4) is 0 Å². The fraction of sp³-hybridized carbons (Fsp3) is 0.448. The van der Waals surface area contributed by atoms with Gasteiger partial charge in [-0.3, -0.25) is 9.59 Å². The molecule has 3 aromatic rings. The number of unbranched alkanes of at least 4 members (excludes halogenated alkanes) is 2. The number of carbonyl (C=O) groups excluding carboxylic acids is 1. The molecule has 6 heteroatoms. The first kappa shape index (κ1) is 24.8. The summed E-state index contributed by atoms with van der Waals surface area (Å²) in [6, 6.07) is 8.92. The minimum absolute atomic E-state index is 0.144. The lowest BCUT2D eigenvalue weighted by atomic mass is 9.96. The van der Waals surface area contributed by atoms with Gasteiger partial charge in [0.05, 0.1) is 30.7 Å². The lowest BCUT2D eigenvalue weighted by molar-refractivity contribution is 0.0724. The number of benzene rings is 2. The van der Waals surface area contributed by atoms with Gasteiger partial charge >= 0.3 is 0 Å². The second kappa shape index (κ2) is 10.1. The van der Waals surface area contributed by atoms with Crippen LogP contribution in [0.4, 0.5) is 0 Å². The molecule has 1 aliphatic heterocycles. The SMILES string of the molecule is CCCCCN1C(=O)c2oc3cc(C)cc(C)c3c(=O)c2C1c1ccc(OCC(C)C)c(OC)c1. The Bertz CT molecular complexity index is 1310. The number of methoxy groups -OCH3 is 1. The number of ether oxygens (including phenoxy) is 2. The van der Waals surface area contributed by atoms with Gasteiger partial charge < -0.3 is 18.8 Å². The van der Waals surface area contributed by atoms with Crippen molar-refractivity contribution in [2.24, 2.45) is 5.92 Å². The molecule has 0 bridgehead atoms. The van der Waals surface area contributed by atoms with Crippen molar-refractivity contribution >= 4 is 16.9 Å². The first-order valence-corrected chi connectivity index (χ1v) is 12.5. The van der Waals surface area contributed by atoms with Crippen molar-refractivity contribution in [1.29, 1.82) is 0 Å². The third-order valence-corrected chi connectivity index (χ3v) is 6.49. The second-order valence-electron chi connectivity index (χ2n) is 9.85. The number of hydrogen-bond acceptors (Lipinski definition) is 5. The first-order valence-electron chi connectivity index (χ1n) is 12.5. The predicted octanol–water partition coefficient (Wildman–Crippen LogP) is 6.19. The molecule has 2 heterocycles. The molecular formula is C29H35NO5. The Morgan fingerprint density at radius 2 is 1.83 bits per heavy atom. The molecule has 186 valence electrons. The summed E-state index contributed by atoms with van der Waals surface area (Å²) < 4.78 is 17.7. The van der Waals surface area contributed by atoms with Gasteiger partial charge in [0.1, 0.15) is 5.58 Å². The van der Waals surface area contributed by atoms with E-state index in [1.807, 2.05) is 44.2 Å². The normalized spacial score (nSPS) is 15.2. The molecule has 4 rings (SSSR count). The summed E-state index contributed by atoms with van der Waals surface area (Å²) in [5, 5.41) is 0.534. The Balaban J connectivity index is 1.88. The topological polar surface area (TPSA) is 69.0 Å². The zero-order valence-corrected chi connectivity index (χ0v) is 21.6. The maximum absolute atomic E-state index is 13.9. The maximum Gasteiger partial charge on any atom is 0.290 e. The second-order valence-corrected chi connectivity index (χ2v) is 9.85. The number of carbonyl (C=O) groups is 1. The van der Waals surface area contributed by atoms with E-state index in [2.05, 4.69) is 20.8 Å². The van der Waals surface area contributed by atoms with E-state index in [4.69, 9.17) is 13.9 Å². The van der Waals surface area contributed by atoms with Crippen molar-refractivity contribution in [1.82, 2.24) is 4.90 Å². The van der Waals surface area contributed by atoms with Crippen LogP contribution >= 0.6 is 0 Å². The first-order chi connectivity index (χ1) is 16.8. The molecule has 0 aliphatic carbocycles. The number of aryl methyl sites for hydroxylation is 2. The lowest BCUT2D eigenvalue weighted by Gasteiger charge is -2.26. The van der Waals surface area contributed by atoms with Gasteiger partial charge in [-0.1, -0.05) is 45.7 Å². The van der Waals surface area contributed by atoms with Crippen LogP contribution < -0.4 is 14.9 Å². The zero-order valence-electron chi connectivity index (χ0n) is 21.6. The molecule has 0 spiro atoms. The van der Waals surface area contributed by atoms with Crippen LogP contribution in [-0.4, -0.2) is 31.1 Å². The summed E-state index contributed by atoms with van der Waals surface area (Å²) >= 11 is 0. The molecular weight excluding hydrogens is 442 g/mol. The average Bonchev–Trinajstić information content (AvgIpc) is 3.09. The van der Waals surface area contributed by atoms with E-state index in [1.165, 1.54) is 0 Å². The Kier molecular flexibility index (Phi) is 7.20.